The van der Waals surface area contributed by atoms with Crippen molar-refractivity contribution in [2.45, 2.75) is 31.5 Å². The molecular weight excluding hydrogens is 244 g/mol. The second kappa shape index (κ2) is 5.12. The van der Waals surface area contributed by atoms with Gasteiger partial charge in [-0.2, -0.15) is 0 Å². The molecule has 3 heteroatoms. The van der Waals surface area contributed by atoms with Crippen LogP contribution in [0, 0.1) is 0 Å². The van der Waals surface area contributed by atoms with Gasteiger partial charge in [-0.15, -0.1) is 11.3 Å². The van der Waals surface area contributed by atoms with Gasteiger partial charge in [0.05, 0.1) is 12.2 Å². The highest BCUT2D eigenvalue weighted by atomic mass is 32.1. The van der Waals surface area contributed by atoms with Gasteiger partial charge in [0.1, 0.15) is 5.75 Å². The second-order valence-corrected chi connectivity index (χ2v) is 5.72. The Morgan fingerprint density at radius 1 is 1.28 bits per heavy atom. The Kier molecular flexibility index (Phi) is 3.35. The third-order valence-electron chi connectivity index (χ3n) is 3.04. The number of ether oxygens (including phenoxy) is 1. The van der Waals surface area contributed by atoms with Gasteiger partial charge in [0.15, 0.2) is 0 Å². The molecule has 0 radical (unpaired) electrons. The van der Waals surface area contributed by atoms with Crippen LogP contribution in [0.25, 0.3) is 0 Å². The molecule has 2 nitrogen and oxygen atoms in total. The Balaban J connectivity index is 1.69. The number of hydrogen-bond donors (Lipinski definition) is 1. The minimum absolute atomic E-state index is 0.398. The molecule has 1 saturated carbocycles. The average molecular weight is 260 g/mol. The zero-order valence-electron chi connectivity index (χ0n) is 10.1. The van der Waals surface area contributed by atoms with Crippen molar-refractivity contribution in [2.75, 3.05) is 0 Å². The van der Waals surface area contributed by atoms with Gasteiger partial charge in [-0.05, 0) is 42.0 Å². The lowest BCUT2D eigenvalue weighted by molar-refractivity contribution is 0.178. The van der Waals surface area contributed by atoms with Crippen LogP contribution in [0.3, 0.4) is 0 Å². The maximum atomic E-state index is 10.2. The van der Waals surface area contributed by atoms with Gasteiger partial charge >= 0.3 is 0 Å². The highest BCUT2D eigenvalue weighted by Gasteiger charge is 2.23. The zero-order valence-corrected chi connectivity index (χ0v) is 10.9. The summed E-state index contributed by atoms with van der Waals surface area (Å²) in [5, 5.41) is 12.3. The van der Waals surface area contributed by atoms with E-state index in [-0.39, 0.29) is 0 Å². The maximum Gasteiger partial charge on any atom is 0.120 e. The van der Waals surface area contributed by atoms with E-state index in [1.807, 2.05) is 35.7 Å². The first-order valence-electron chi connectivity index (χ1n) is 6.28. The molecule has 1 aromatic heterocycles. The number of aliphatic hydroxyl groups is 1. The lowest BCUT2D eigenvalue weighted by atomic mass is 10.1. The van der Waals surface area contributed by atoms with Gasteiger partial charge in [-0.1, -0.05) is 18.2 Å². The lowest BCUT2D eigenvalue weighted by Gasteiger charge is -2.12. The average Bonchev–Trinajstić information content (AvgIpc) is 3.04. The first kappa shape index (κ1) is 11.8. The van der Waals surface area contributed by atoms with Gasteiger partial charge in [0, 0.05) is 11.3 Å². The van der Waals surface area contributed by atoms with Crippen LogP contribution in [0.15, 0.2) is 41.8 Å². The molecule has 0 amide bonds. The summed E-state index contributed by atoms with van der Waals surface area (Å²) in [7, 11) is 0. The van der Waals surface area contributed by atoms with E-state index < -0.39 is 6.10 Å². The van der Waals surface area contributed by atoms with Crippen molar-refractivity contribution in [2.24, 2.45) is 0 Å². The van der Waals surface area contributed by atoms with Crippen LogP contribution < -0.4 is 4.74 Å². The van der Waals surface area contributed by atoms with E-state index in [1.165, 1.54) is 4.88 Å². The Hall–Kier alpha value is -1.32. The summed E-state index contributed by atoms with van der Waals surface area (Å²) in [6.07, 6.45) is 2.93. The van der Waals surface area contributed by atoms with E-state index >= 15 is 0 Å². The van der Waals surface area contributed by atoms with E-state index in [1.54, 1.807) is 11.3 Å². The van der Waals surface area contributed by atoms with E-state index in [0.29, 0.717) is 12.5 Å². The van der Waals surface area contributed by atoms with Crippen LogP contribution in [0.4, 0.5) is 0 Å². The second-order valence-electron chi connectivity index (χ2n) is 4.69. The van der Waals surface area contributed by atoms with Crippen LogP contribution in [-0.4, -0.2) is 11.2 Å². The first-order valence-corrected chi connectivity index (χ1v) is 7.16. The summed E-state index contributed by atoms with van der Waals surface area (Å²) in [6.45, 7) is 0. The van der Waals surface area contributed by atoms with Crippen LogP contribution in [0.2, 0.25) is 0 Å². The fourth-order valence-corrected chi connectivity index (χ4v) is 2.65. The molecule has 3 rings (SSSR count). The topological polar surface area (TPSA) is 29.5 Å². The van der Waals surface area contributed by atoms with Gasteiger partial charge < -0.3 is 9.84 Å². The minimum atomic E-state index is -0.452. The number of benzene rings is 1. The molecule has 0 spiro atoms. The Labute approximate surface area is 111 Å². The summed E-state index contributed by atoms with van der Waals surface area (Å²) < 4.78 is 5.74. The molecule has 0 saturated heterocycles. The Bertz CT molecular complexity index is 503. The number of rotatable bonds is 5. The van der Waals surface area contributed by atoms with Crippen molar-refractivity contribution >= 4 is 11.3 Å². The van der Waals surface area contributed by atoms with E-state index in [0.717, 1.165) is 24.2 Å². The van der Waals surface area contributed by atoms with Crippen molar-refractivity contribution in [3.05, 3.63) is 52.2 Å². The Morgan fingerprint density at radius 3 is 2.89 bits per heavy atom. The van der Waals surface area contributed by atoms with Crippen molar-refractivity contribution in [1.29, 1.82) is 0 Å². The quantitative estimate of drug-likeness (QED) is 0.890. The van der Waals surface area contributed by atoms with Gasteiger partial charge in [-0.3, -0.25) is 0 Å². The molecule has 18 heavy (non-hydrogen) atoms. The largest absolute Gasteiger partial charge is 0.490 e. The molecule has 0 aliphatic heterocycles. The summed E-state index contributed by atoms with van der Waals surface area (Å²) in [4.78, 5) is 1.20. The van der Waals surface area contributed by atoms with Crippen LogP contribution >= 0.6 is 11.3 Å². The fraction of sp³-hybridized carbons (Fsp3) is 0.333. The fourth-order valence-electron chi connectivity index (χ4n) is 1.91. The maximum absolute atomic E-state index is 10.2. The van der Waals surface area contributed by atoms with Crippen molar-refractivity contribution in [3.63, 3.8) is 0 Å². The van der Waals surface area contributed by atoms with Crippen LogP contribution in [0.5, 0.6) is 5.75 Å². The monoisotopic (exact) mass is 260 g/mol. The number of thiophene rings is 1. The highest BCUT2D eigenvalue weighted by molar-refractivity contribution is 7.09. The molecule has 2 aromatic rings. The van der Waals surface area contributed by atoms with Crippen LogP contribution in [-0.2, 0) is 6.42 Å². The number of hydrogen-bond acceptors (Lipinski definition) is 3. The normalized spacial score (nSPS) is 16.5. The third kappa shape index (κ3) is 2.92. The minimum Gasteiger partial charge on any atom is -0.490 e. The summed E-state index contributed by atoms with van der Waals surface area (Å²) in [5.41, 5.74) is 0.932. The first-order chi connectivity index (χ1) is 8.81. The third-order valence-corrected chi connectivity index (χ3v) is 3.94. The predicted molar refractivity (Wildman–Crippen MR) is 73.1 cm³/mol. The smallest absolute Gasteiger partial charge is 0.120 e. The Morgan fingerprint density at radius 2 is 2.17 bits per heavy atom. The molecule has 1 aliphatic rings. The van der Waals surface area contributed by atoms with Crippen LogP contribution in [0.1, 0.15) is 29.4 Å². The molecule has 1 N–H and O–H groups in total. The standard InChI is InChI=1S/C15H16O2S/c16-15(10-14-5-2-8-18-14)11-3-1-4-13(9-11)17-12-6-7-12/h1-5,8-9,12,15-16H,6-7,10H2. The molecular formula is C15H16O2S. The van der Waals surface area contributed by atoms with Gasteiger partial charge in [0.2, 0.25) is 0 Å². The SMILES string of the molecule is OC(Cc1cccs1)c1cccc(OC2CC2)c1. The van der Waals surface area contributed by atoms with E-state index in [4.69, 9.17) is 4.74 Å². The van der Waals surface area contributed by atoms with E-state index in [9.17, 15) is 5.11 Å². The van der Waals surface area contributed by atoms with Crippen molar-refractivity contribution < 1.29 is 9.84 Å². The summed E-state index contributed by atoms with van der Waals surface area (Å²) in [5.74, 6) is 0.875. The molecule has 1 unspecified atom stereocenters. The zero-order chi connectivity index (χ0) is 12.4. The highest BCUT2D eigenvalue weighted by Crippen LogP contribution is 2.29. The van der Waals surface area contributed by atoms with Gasteiger partial charge in [-0.25, -0.2) is 0 Å². The molecule has 1 aromatic carbocycles. The molecule has 1 atom stereocenters. The van der Waals surface area contributed by atoms with Crippen molar-refractivity contribution in [3.8, 4) is 5.75 Å². The molecule has 1 aliphatic carbocycles. The summed E-state index contributed by atoms with van der Waals surface area (Å²) in [6, 6.07) is 11.9. The molecule has 1 fully saturated rings. The molecule has 1 heterocycles. The molecule has 94 valence electrons. The number of aliphatic hydroxyl groups excluding tert-OH is 1. The van der Waals surface area contributed by atoms with E-state index in [2.05, 4.69) is 6.07 Å². The molecule has 0 bridgehead atoms. The summed E-state index contributed by atoms with van der Waals surface area (Å²) >= 11 is 1.68. The lowest BCUT2D eigenvalue weighted by Crippen LogP contribution is -2.02. The van der Waals surface area contributed by atoms with Crippen molar-refractivity contribution in [1.82, 2.24) is 0 Å². The predicted octanol–water partition coefficient (Wildman–Crippen LogP) is 3.57. The van der Waals surface area contributed by atoms with Gasteiger partial charge in [0.25, 0.3) is 0 Å².